The van der Waals surface area contributed by atoms with Crippen molar-refractivity contribution in [2.75, 3.05) is 25.0 Å². The SMILES string of the molecule is Clc1cc(NC2CCN3CCC2C3)ccn1. The van der Waals surface area contributed by atoms with Crippen molar-refractivity contribution in [3.8, 4) is 0 Å². The van der Waals surface area contributed by atoms with Gasteiger partial charge in [-0.15, -0.1) is 0 Å². The van der Waals surface area contributed by atoms with Gasteiger partial charge in [0.15, 0.2) is 0 Å². The van der Waals surface area contributed by atoms with Crippen molar-refractivity contribution < 1.29 is 0 Å². The van der Waals surface area contributed by atoms with Crippen molar-refractivity contribution in [3.05, 3.63) is 23.5 Å². The zero-order valence-electron chi connectivity index (χ0n) is 9.19. The van der Waals surface area contributed by atoms with Crippen LogP contribution in [0.2, 0.25) is 5.15 Å². The smallest absolute Gasteiger partial charge is 0.131 e. The Morgan fingerprint density at radius 3 is 3.12 bits per heavy atom. The Hall–Kier alpha value is -0.800. The molecule has 3 rings (SSSR count). The molecule has 0 saturated carbocycles. The molecule has 86 valence electrons. The highest BCUT2D eigenvalue weighted by Gasteiger charge is 2.33. The number of halogens is 1. The van der Waals surface area contributed by atoms with Crippen LogP contribution in [0, 0.1) is 5.92 Å². The molecule has 2 fully saturated rings. The van der Waals surface area contributed by atoms with E-state index in [0.29, 0.717) is 11.2 Å². The molecule has 3 unspecified atom stereocenters. The van der Waals surface area contributed by atoms with E-state index in [1.807, 2.05) is 12.1 Å². The van der Waals surface area contributed by atoms with Crippen molar-refractivity contribution in [2.45, 2.75) is 18.9 Å². The van der Waals surface area contributed by atoms with Crippen LogP contribution in [-0.2, 0) is 0 Å². The van der Waals surface area contributed by atoms with Gasteiger partial charge in [-0.05, 0) is 37.4 Å². The maximum absolute atomic E-state index is 5.88. The van der Waals surface area contributed by atoms with Gasteiger partial charge in [0.25, 0.3) is 0 Å². The number of piperidine rings is 1. The zero-order chi connectivity index (χ0) is 11.0. The molecule has 3 atom stereocenters. The first-order chi connectivity index (χ1) is 7.81. The predicted octanol–water partition coefficient (Wildman–Crippen LogP) is 2.24. The third-order valence-corrected chi connectivity index (χ3v) is 3.92. The van der Waals surface area contributed by atoms with E-state index in [1.165, 1.54) is 32.5 Å². The molecule has 3 heterocycles. The van der Waals surface area contributed by atoms with Crippen molar-refractivity contribution >= 4 is 17.3 Å². The van der Waals surface area contributed by atoms with Crippen LogP contribution in [0.4, 0.5) is 5.69 Å². The standard InChI is InChI=1S/C12H16ClN3/c13-12-7-10(1-4-14-12)15-11-3-6-16-5-2-9(11)8-16/h1,4,7,9,11H,2-3,5-6,8H2,(H,14,15). The van der Waals surface area contributed by atoms with Gasteiger partial charge in [-0.2, -0.15) is 0 Å². The molecule has 2 saturated heterocycles. The molecule has 0 aliphatic carbocycles. The first-order valence-corrected chi connectivity index (χ1v) is 6.29. The van der Waals surface area contributed by atoms with Crippen LogP contribution in [0.25, 0.3) is 0 Å². The molecule has 2 aliphatic heterocycles. The number of nitrogens with zero attached hydrogens (tertiary/aromatic N) is 2. The maximum Gasteiger partial charge on any atom is 0.131 e. The number of anilines is 1. The Morgan fingerprint density at radius 2 is 2.25 bits per heavy atom. The van der Waals surface area contributed by atoms with E-state index >= 15 is 0 Å². The minimum absolute atomic E-state index is 0.564. The first-order valence-electron chi connectivity index (χ1n) is 5.92. The molecule has 1 N–H and O–H groups in total. The van der Waals surface area contributed by atoms with Gasteiger partial charge < -0.3 is 10.2 Å². The highest BCUT2D eigenvalue weighted by Crippen LogP contribution is 2.29. The Kier molecular flexibility index (Phi) is 2.74. The lowest BCUT2D eigenvalue weighted by Crippen LogP contribution is -2.39. The van der Waals surface area contributed by atoms with Crippen molar-refractivity contribution in [2.24, 2.45) is 5.92 Å². The zero-order valence-corrected chi connectivity index (χ0v) is 9.95. The number of hydrogen-bond donors (Lipinski definition) is 1. The highest BCUT2D eigenvalue weighted by molar-refractivity contribution is 6.29. The Balaban J connectivity index is 1.70. The van der Waals surface area contributed by atoms with Gasteiger partial charge in [-0.25, -0.2) is 4.98 Å². The Labute approximate surface area is 101 Å². The minimum Gasteiger partial charge on any atom is -0.382 e. The summed E-state index contributed by atoms with van der Waals surface area (Å²) in [6, 6.07) is 4.51. The summed E-state index contributed by atoms with van der Waals surface area (Å²) in [5, 5.41) is 4.16. The number of nitrogens with one attached hydrogen (secondary N) is 1. The molecule has 16 heavy (non-hydrogen) atoms. The van der Waals surface area contributed by atoms with Crippen LogP contribution in [0.5, 0.6) is 0 Å². The second-order valence-corrected chi connectivity index (χ2v) is 5.14. The lowest BCUT2D eigenvalue weighted by Gasteiger charge is -2.31. The summed E-state index contributed by atoms with van der Waals surface area (Å²) in [5.41, 5.74) is 1.10. The number of pyridine rings is 1. The summed E-state index contributed by atoms with van der Waals surface area (Å²) < 4.78 is 0. The summed E-state index contributed by atoms with van der Waals surface area (Å²) in [5.74, 6) is 0.806. The van der Waals surface area contributed by atoms with Crippen molar-refractivity contribution in [3.63, 3.8) is 0 Å². The summed E-state index contributed by atoms with van der Waals surface area (Å²) in [4.78, 5) is 6.56. The topological polar surface area (TPSA) is 28.2 Å². The molecule has 0 spiro atoms. The molecule has 0 amide bonds. The molecule has 0 radical (unpaired) electrons. The van der Waals surface area contributed by atoms with Crippen LogP contribution in [-0.4, -0.2) is 35.6 Å². The first kappa shape index (κ1) is 10.4. The van der Waals surface area contributed by atoms with Gasteiger partial charge in [0.1, 0.15) is 5.15 Å². The van der Waals surface area contributed by atoms with Crippen LogP contribution in [0.1, 0.15) is 12.8 Å². The fourth-order valence-electron chi connectivity index (χ4n) is 2.85. The molecule has 2 aliphatic rings. The number of hydrogen-bond acceptors (Lipinski definition) is 3. The average Bonchev–Trinajstić information content (AvgIpc) is 2.66. The van der Waals surface area contributed by atoms with Crippen LogP contribution >= 0.6 is 11.6 Å². The monoisotopic (exact) mass is 237 g/mol. The molecule has 1 aromatic heterocycles. The molecule has 3 nitrogen and oxygen atoms in total. The van der Waals surface area contributed by atoms with E-state index in [9.17, 15) is 0 Å². The third-order valence-electron chi connectivity index (χ3n) is 3.71. The Bertz CT molecular complexity index is 382. The van der Waals surface area contributed by atoms with E-state index in [4.69, 9.17) is 11.6 Å². The van der Waals surface area contributed by atoms with Gasteiger partial charge in [-0.1, -0.05) is 11.6 Å². The summed E-state index contributed by atoms with van der Waals surface area (Å²) in [6.07, 6.45) is 4.33. The van der Waals surface area contributed by atoms with Crippen molar-refractivity contribution in [1.29, 1.82) is 0 Å². The van der Waals surface area contributed by atoms with Gasteiger partial charge in [0.05, 0.1) is 0 Å². The molecular formula is C12H16ClN3. The van der Waals surface area contributed by atoms with E-state index in [2.05, 4.69) is 15.2 Å². The molecule has 4 heteroatoms. The maximum atomic E-state index is 5.88. The van der Waals surface area contributed by atoms with Crippen molar-refractivity contribution in [1.82, 2.24) is 9.88 Å². The lowest BCUT2D eigenvalue weighted by atomic mass is 9.94. The average molecular weight is 238 g/mol. The minimum atomic E-state index is 0.564. The summed E-state index contributed by atoms with van der Waals surface area (Å²) >= 11 is 5.88. The van der Waals surface area contributed by atoms with Gasteiger partial charge >= 0.3 is 0 Å². The lowest BCUT2D eigenvalue weighted by molar-refractivity contribution is 0.255. The summed E-state index contributed by atoms with van der Waals surface area (Å²) in [7, 11) is 0. The van der Waals surface area contributed by atoms with E-state index in [0.717, 1.165) is 11.6 Å². The van der Waals surface area contributed by atoms with E-state index in [1.54, 1.807) is 6.20 Å². The molecule has 0 aromatic carbocycles. The second-order valence-electron chi connectivity index (χ2n) is 4.76. The molecule has 2 bridgehead atoms. The van der Waals surface area contributed by atoms with Gasteiger partial charge in [-0.3, -0.25) is 0 Å². The second kappa shape index (κ2) is 4.22. The summed E-state index contributed by atoms with van der Waals surface area (Å²) in [6.45, 7) is 3.77. The number of aromatic nitrogens is 1. The molecular weight excluding hydrogens is 222 g/mol. The molecule has 1 aromatic rings. The fraction of sp³-hybridized carbons (Fsp3) is 0.583. The van der Waals surface area contributed by atoms with Gasteiger partial charge in [0, 0.05) is 31.0 Å². The van der Waals surface area contributed by atoms with Crippen LogP contribution in [0.15, 0.2) is 18.3 Å². The van der Waals surface area contributed by atoms with Gasteiger partial charge in [0.2, 0.25) is 0 Å². The van der Waals surface area contributed by atoms with E-state index in [-0.39, 0.29) is 0 Å². The Morgan fingerprint density at radius 1 is 1.38 bits per heavy atom. The normalized spacial score (nSPS) is 32.7. The number of fused-ring (bicyclic) bond motifs is 2. The number of rotatable bonds is 2. The predicted molar refractivity (Wildman–Crippen MR) is 65.8 cm³/mol. The quantitative estimate of drug-likeness (QED) is 0.800. The van der Waals surface area contributed by atoms with E-state index < -0.39 is 0 Å². The fourth-order valence-corrected chi connectivity index (χ4v) is 3.02. The van der Waals surface area contributed by atoms with Crippen LogP contribution in [0.3, 0.4) is 0 Å². The van der Waals surface area contributed by atoms with Crippen LogP contribution < -0.4 is 5.32 Å². The third kappa shape index (κ3) is 2.02. The largest absolute Gasteiger partial charge is 0.382 e. The highest BCUT2D eigenvalue weighted by atomic mass is 35.5.